The van der Waals surface area contributed by atoms with Gasteiger partial charge in [-0.25, -0.2) is 8.78 Å². The number of alkyl halides is 1. The summed E-state index contributed by atoms with van der Waals surface area (Å²) in [7, 11) is 0. The van der Waals surface area contributed by atoms with Gasteiger partial charge in [-0.1, -0.05) is 49.4 Å². The van der Waals surface area contributed by atoms with Crippen LogP contribution in [0.25, 0.3) is 16.8 Å². The first-order valence-corrected chi connectivity index (χ1v) is 13.6. The van der Waals surface area contributed by atoms with Gasteiger partial charge in [-0.3, -0.25) is 0 Å². The molecule has 198 valence electrons. The van der Waals surface area contributed by atoms with Crippen molar-refractivity contribution in [1.82, 2.24) is 10.2 Å². The number of halogens is 2. The maximum atomic E-state index is 15.0. The zero-order valence-electron chi connectivity index (χ0n) is 22.5. The molecule has 1 heterocycles. The summed E-state index contributed by atoms with van der Waals surface area (Å²) in [4.78, 5) is 2.23. The van der Waals surface area contributed by atoms with Crippen molar-refractivity contribution in [3.05, 3.63) is 66.0 Å². The van der Waals surface area contributed by atoms with Gasteiger partial charge in [-0.15, -0.1) is 0 Å². The van der Waals surface area contributed by atoms with Crippen LogP contribution in [0.5, 0.6) is 0 Å². The Morgan fingerprint density at radius 3 is 2.44 bits per heavy atom. The molecule has 0 spiro atoms. The second-order valence-corrected chi connectivity index (χ2v) is 11.2. The largest absolute Gasteiger partial charge is 0.385 e. The summed E-state index contributed by atoms with van der Waals surface area (Å²) >= 11 is 0. The van der Waals surface area contributed by atoms with Crippen LogP contribution in [0.3, 0.4) is 0 Å². The molecular formula is C31H45F2N3. The van der Waals surface area contributed by atoms with E-state index in [0.29, 0.717) is 18.0 Å². The van der Waals surface area contributed by atoms with Crippen molar-refractivity contribution in [3.63, 3.8) is 0 Å². The number of aryl methyl sites for hydroxylation is 1. The Morgan fingerprint density at radius 2 is 1.83 bits per heavy atom. The monoisotopic (exact) mass is 497 g/mol. The maximum absolute atomic E-state index is 15.0. The molecule has 0 aliphatic carbocycles. The molecule has 5 heteroatoms. The first kappa shape index (κ1) is 28.3. The fourth-order valence-electron chi connectivity index (χ4n) is 5.07. The lowest BCUT2D eigenvalue weighted by Gasteiger charge is -2.34. The van der Waals surface area contributed by atoms with Crippen LogP contribution in [0.1, 0.15) is 70.4 Å². The summed E-state index contributed by atoms with van der Waals surface area (Å²) in [6, 6.07) is 13.8. The van der Waals surface area contributed by atoms with Crippen molar-refractivity contribution < 1.29 is 8.78 Å². The number of nitrogens with two attached hydrogens (primary N) is 1. The highest BCUT2D eigenvalue weighted by atomic mass is 19.1. The molecule has 0 radical (unpaired) electrons. The number of rotatable bonds is 13. The van der Waals surface area contributed by atoms with Crippen molar-refractivity contribution in [3.8, 4) is 11.1 Å². The molecule has 3 rings (SSSR count). The second kappa shape index (κ2) is 13.3. The minimum atomic E-state index is -1.14. The number of unbranched alkanes of at least 4 members (excludes halogenated alkanes) is 1. The van der Waals surface area contributed by atoms with Gasteiger partial charge in [0, 0.05) is 30.4 Å². The fourth-order valence-corrected chi connectivity index (χ4v) is 5.07. The molecule has 1 saturated heterocycles. The third kappa shape index (κ3) is 9.33. The van der Waals surface area contributed by atoms with E-state index in [0.717, 1.165) is 87.0 Å². The van der Waals surface area contributed by atoms with Gasteiger partial charge in [-0.2, -0.15) is 0 Å². The summed E-state index contributed by atoms with van der Waals surface area (Å²) in [6.07, 6.45) is 7.32. The molecule has 1 atom stereocenters. The van der Waals surface area contributed by atoms with Crippen molar-refractivity contribution in [2.24, 2.45) is 11.7 Å². The van der Waals surface area contributed by atoms with E-state index in [1.54, 1.807) is 19.9 Å². The van der Waals surface area contributed by atoms with Crippen molar-refractivity contribution >= 4 is 5.70 Å². The molecule has 1 aliphatic rings. The molecule has 0 saturated carbocycles. The second-order valence-electron chi connectivity index (χ2n) is 11.2. The zero-order valence-corrected chi connectivity index (χ0v) is 22.5. The lowest BCUT2D eigenvalue weighted by molar-refractivity contribution is 0.0943. The van der Waals surface area contributed by atoms with E-state index in [9.17, 15) is 8.78 Å². The molecule has 36 heavy (non-hydrogen) atoms. The van der Waals surface area contributed by atoms with Gasteiger partial charge in [0.2, 0.25) is 0 Å². The van der Waals surface area contributed by atoms with Gasteiger partial charge in [-0.05, 0) is 101 Å². The standard InChI is InChI=1S/C31H45F2N3/c1-23(34)7-5-6-18-35-24(2)27-11-13-28(14-12-27)29-15-10-26(21-30(29)32)9-8-25-16-19-36(20-17-25)22-31(3,4)33/h10-15,21,23,25,35H,2,5-9,16-20,22,34H2,1,3-4H3. The molecule has 2 aromatic carbocycles. The summed E-state index contributed by atoms with van der Waals surface area (Å²) < 4.78 is 28.9. The molecule has 2 aromatic rings. The van der Waals surface area contributed by atoms with Gasteiger partial charge in [0.1, 0.15) is 11.5 Å². The summed E-state index contributed by atoms with van der Waals surface area (Å²) in [5.74, 6) is 0.455. The molecule has 3 nitrogen and oxygen atoms in total. The van der Waals surface area contributed by atoms with Crippen LogP contribution >= 0.6 is 0 Å². The highest BCUT2D eigenvalue weighted by Gasteiger charge is 2.25. The molecule has 1 aliphatic heterocycles. The molecule has 0 aromatic heterocycles. The van der Waals surface area contributed by atoms with Gasteiger partial charge >= 0.3 is 0 Å². The predicted molar refractivity (Wildman–Crippen MR) is 149 cm³/mol. The van der Waals surface area contributed by atoms with E-state index >= 15 is 0 Å². The van der Waals surface area contributed by atoms with Crippen LogP contribution in [0.4, 0.5) is 8.78 Å². The van der Waals surface area contributed by atoms with Crippen molar-refractivity contribution in [2.45, 2.75) is 77.4 Å². The van der Waals surface area contributed by atoms with E-state index < -0.39 is 5.67 Å². The predicted octanol–water partition coefficient (Wildman–Crippen LogP) is 6.96. The Bertz CT molecular complexity index is 955. The molecule has 1 unspecified atom stereocenters. The third-order valence-electron chi connectivity index (χ3n) is 7.15. The molecule has 3 N–H and O–H groups in total. The Hall–Kier alpha value is -2.24. The number of nitrogens with one attached hydrogen (secondary N) is 1. The van der Waals surface area contributed by atoms with Crippen LogP contribution in [0.2, 0.25) is 0 Å². The number of likely N-dealkylation sites (tertiary alicyclic amines) is 1. The molecule has 0 bridgehead atoms. The normalized spacial score (nSPS) is 16.2. The average molecular weight is 498 g/mol. The number of benzene rings is 2. The number of hydrogen-bond donors (Lipinski definition) is 2. The summed E-state index contributed by atoms with van der Waals surface area (Å²) in [5, 5.41) is 3.38. The van der Waals surface area contributed by atoms with Crippen molar-refractivity contribution in [2.75, 3.05) is 26.2 Å². The average Bonchev–Trinajstić information content (AvgIpc) is 2.82. The quantitative estimate of drug-likeness (QED) is 0.294. The summed E-state index contributed by atoms with van der Waals surface area (Å²) in [6.45, 7) is 12.8. The first-order chi connectivity index (χ1) is 17.1. The minimum Gasteiger partial charge on any atom is -0.385 e. The van der Waals surface area contributed by atoms with Crippen molar-refractivity contribution in [1.29, 1.82) is 0 Å². The van der Waals surface area contributed by atoms with E-state index in [-0.39, 0.29) is 11.9 Å². The molecule has 0 amide bonds. The Morgan fingerprint density at radius 1 is 1.14 bits per heavy atom. The highest BCUT2D eigenvalue weighted by molar-refractivity contribution is 5.69. The lowest BCUT2D eigenvalue weighted by atomic mass is 9.89. The third-order valence-corrected chi connectivity index (χ3v) is 7.15. The zero-order chi connectivity index (χ0) is 26.1. The van der Waals surface area contributed by atoms with E-state index in [1.807, 2.05) is 37.3 Å². The first-order valence-electron chi connectivity index (χ1n) is 13.6. The Kier molecular flexibility index (Phi) is 10.5. The maximum Gasteiger partial charge on any atom is 0.131 e. The molecule has 1 fully saturated rings. The summed E-state index contributed by atoms with van der Waals surface area (Å²) in [5.41, 5.74) is 9.10. The van der Waals surface area contributed by atoms with Crippen LogP contribution in [0.15, 0.2) is 49.0 Å². The Labute approximate surface area is 217 Å². The fraction of sp³-hybridized carbons (Fsp3) is 0.548. The van der Waals surface area contributed by atoms with Gasteiger partial charge in [0.05, 0.1) is 0 Å². The van der Waals surface area contributed by atoms with Crippen LogP contribution < -0.4 is 11.1 Å². The number of hydrogen-bond acceptors (Lipinski definition) is 3. The SMILES string of the molecule is C=C(NCCCCC(C)N)c1ccc(-c2ccc(CCC3CCN(CC(C)(C)F)CC3)cc2F)cc1. The Balaban J connectivity index is 1.47. The van der Waals surface area contributed by atoms with Crippen LogP contribution in [0, 0.1) is 11.7 Å². The lowest BCUT2D eigenvalue weighted by Crippen LogP contribution is -2.41. The van der Waals surface area contributed by atoms with E-state index in [2.05, 4.69) is 22.9 Å². The minimum absolute atomic E-state index is 0.175. The number of nitrogens with zero attached hydrogens (tertiary/aromatic N) is 1. The van der Waals surface area contributed by atoms with E-state index in [4.69, 9.17) is 5.73 Å². The molecular weight excluding hydrogens is 452 g/mol. The number of piperidine rings is 1. The van der Waals surface area contributed by atoms with E-state index in [1.165, 1.54) is 0 Å². The topological polar surface area (TPSA) is 41.3 Å². The van der Waals surface area contributed by atoms with Crippen LogP contribution in [-0.2, 0) is 6.42 Å². The van der Waals surface area contributed by atoms with Gasteiger partial charge in [0.25, 0.3) is 0 Å². The smallest absolute Gasteiger partial charge is 0.131 e. The van der Waals surface area contributed by atoms with Crippen LogP contribution in [-0.4, -0.2) is 42.8 Å². The highest BCUT2D eigenvalue weighted by Crippen LogP contribution is 2.28. The van der Waals surface area contributed by atoms with Gasteiger partial charge in [0.15, 0.2) is 0 Å². The van der Waals surface area contributed by atoms with Gasteiger partial charge < -0.3 is 16.0 Å².